The highest BCUT2D eigenvalue weighted by Gasteiger charge is 2.49. The topological polar surface area (TPSA) is 78.5 Å². The number of piperidine rings is 1. The van der Waals surface area contributed by atoms with Crippen LogP contribution in [-0.2, 0) is 33.6 Å². The molecule has 5 rings (SSSR count). The summed E-state index contributed by atoms with van der Waals surface area (Å²) in [5.41, 5.74) is 3.18. The predicted molar refractivity (Wildman–Crippen MR) is 169 cm³/mol. The lowest BCUT2D eigenvalue weighted by molar-refractivity contribution is -0.147. The number of amides is 3. The van der Waals surface area contributed by atoms with Crippen molar-refractivity contribution in [3.63, 3.8) is 0 Å². The molecule has 0 unspecified atom stereocenters. The first-order chi connectivity index (χ1) is 20.6. The summed E-state index contributed by atoms with van der Waals surface area (Å²) in [6, 6.07) is 14.1. The first kappa shape index (κ1) is 32.7. The van der Waals surface area contributed by atoms with Gasteiger partial charge in [-0.25, -0.2) is 4.39 Å². The Morgan fingerprint density at radius 1 is 0.930 bits per heavy atom. The molecule has 3 aliphatic rings. The van der Waals surface area contributed by atoms with Crippen LogP contribution in [0.25, 0.3) is 0 Å². The highest BCUT2D eigenvalue weighted by molar-refractivity contribution is 5.86. The molecule has 2 N–H and O–H groups in total. The molecule has 0 spiro atoms. The van der Waals surface area contributed by atoms with Crippen molar-refractivity contribution in [2.24, 2.45) is 11.3 Å². The second-order valence-electron chi connectivity index (χ2n) is 13.7. The third-order valence-electron chi connectivity index (χ3n) is 9.48. The summed E-state index contributed by atoms with van der Waals surface area (Å²) in [5, 5.41) is 5.86. The summed E-state index contributed by atoms with van der Waals surface area (Å²) in [4.78, 5) is 39.7. The van der Waals surface area contributed by atoms with Gasteiger partial charge in [0.05, 0.1) is 5.41 Å². The van der Waals surface area contributed by atoms with E-state index in [1.54, 1.807) is 28.2 Å². The van der Waals surface area contributed by atoms with Gasteiger partial charge in [-0.05, 0) is 107 Å². The molecular weight excluding hydrogens is 541 g/mol. The zero-order valence-electron chi connectivity index (χ0n) is 26.3. The molecule has 0 bridgehead atoms. The molecule has 7 heteroatoms. The van der Waals surface area contributed by atoms with Crippen LogP contribution in [0.2, 0.25) is 0 Å². The maximum absolute atomic E-state index is 13.5. The smallest absolute Gasteiger partial charge is 0.245 e. The zero-order valence-corrected chi connectivity index (χ0v) is 26.3. The van der Waals surface area contributed by atoms with E-state index in [-0.39, 0.29) is 23.2 Å². The number of benzene rings is 2. The number of carbonyl (C=O) groups excluding carboxylic acids is 3. The van der Waals surface area contributed by atoms with Crippen LogP contribution in [0.15, 0.2) is 48.5 Å². The molecule has 2 aromatic rings. The molecule has 234 valence electrons. The van der Waals surface area contributed by atoms with Crippen LogP contribution in [0.1, 0.15) is 95.2 Å². The number of hydrogen-bond acceptors (Lipinski definition) is 3. The third-order valence-corrected chi connectivity index (χ3v) is 9.48. The third kappa shape index (κ3) is 8.90. The summed E-state index contributed by atoms with van der Waals surface area (Å²) < 4.78 is 13.2. The minimum Gasteiger partial charge on any atom is -0.351 e. The van der Waals surface area contributed by atoms with Gasteiger partial charge in [0.2, 0.25) is 18.2 Å². The molecule has 1 saturated carbocycles. The fourth-order valence-electron chi connectivity index (χ4n) is 7.12. The van der Waals surface area contributed by atoms with E-state index in [1.807, 2.05) is 20.8 Å². The number of fused-ring (bicyclic) bond motifs is 1. The van der Waals surface area contributed by atoms with E-state index >= 15 is 0 Å². The molecule has 1 aliphatic heterocycles. The average Bonchev–Trinajstić information content (AvgIpc) is 3.01. The van der Waals surface area contributed by atoms with Gasteiger partial charge < -0.3 is 15.5 Å². The summed E-state index contributed by atoms with van der Waals surface area (Å²) in [6.07, 6.45) is 13.1. The number of halogens is 1. The first-order valence-electron chi connectivity index (χ1n) is 16.2. The van der Waals surface area contributed by atoms with E-state index < -0.39 is 11.5 Å². The number of nitrogens with one attached hydrogen (secondary N) is 2. The van der Waals surface area contributed by atoms with Crippen LogP contribution in [0.3, 0.4) is 0 Å². The van der Waals surface area contributed by atoms with Crippen molar-refractivity contribution < 1.29 is 18.8 Å². The lowest BCUT2D eigenvalue weighted by atomic mass is 9.63. The van der Waals surface area contributed by atoms with Gasteiger partial charge in [0, 0.05) is 25.0 Å². The second kappa shape index (κ2) is 15.0. The van der Waals surface area contributed by atoms with E-state index in [0.717, 1.165) is 31.2 Å². The molecule has 0 aromatic heterocycles. The molecule has 0 radical (unpaired) electrons. The maximum Gasteiger partial charge on any atom is 0.245 e. The Bertz CT molecular complexity index is 1180. The largest absolute Gasteiger partial charge is 0.351 e. The number of nitrogens with zero attached hydrogens (tertiary/aromatic N) is 1. The monoisotopic (exact) mass is 591 g/mol. The van der Waals surface area contributed by atoms with Crippen molar-refractivity contribution in [2.45, 2.75) is 109 Å². The minimum absolute atomic E-state index is 0.114. The Kier molecular flexibility index (Phi) is 11.4. The van der Waals surface area contributed by atoms with Gasteiger partial charge in [-0.2, -0.15) is 0 Å². The maximum atomic E-state index is 13.5. The Hall–Kier alpha value is -3.22. The van der Waals surface area contributed by atoms with Gasteiger partial charge in [-0.15, -0.1) is 0 Å². The second-order valence-corrected chi connectivity index (χ2v) is 13.7. The van der Waals surface area contributed by atoms with Crippen LogP contribution in [0.4, 0.5) is 4.39 Å². The van der Waals surface area contributed by atoms with Crippen LogP contribution in [0, 0.1) is 17.2 Å². The summed E-state index contributed by atoms with van der Waals surface area (Å²) in [5.74, 6) is -0.0367. The Labute approximate surface area is 257 Å². The Morgan fingerprint density at radius 3 is 2.05 bits per heavy atom. The molecule has 2 fully saturated rings. The van der Waals surface area contributed by atoms with Crippen LogP contribution in [0.5, 0.6) is 0 Å². The lowest BCUT2D eigenvalue weighted by Crippen LogP contribution is -2.58. The quantitative estimate of drug-likeness (QED) is 0.379. The molecule has 1 heterocycles. The number of carbonyl (C=O) groups is 3. The summed E-state index contributed by atoms with van der Waals surface area (Å²) in [7, 11) is 0. The minimum atomic E-state index is -0.710. The fraction of sp³-hybridized carbons (Fsp3) is 0.583. The summed E-state index contributed by atoms with van der Waals surface area (Å²) >= 11 is 0. The van der Waals surface area contributed by atoms with Crippen LogP contribution >= 0.6 is 0 Å². The van der Waals surface area contributed by atoms with E-state index in [9.17, 15) is 18.8 Å². The standard InChI is InChI=1S/C26H38FN3O3.C10H12/c1-25(2,3)29-24(33)26(20-7-5-4-6-8-20)13-15-30(16-14-26)23(32)22(28-18-31)17-19-9-11-21(27)12-10-19;1-2-6-10-8-4-3-7-9(10)5-1/h9-12,18,20,22H,4-8,13-17H2,1-3H3,(H,28,31)(H,29,33);1-2,5-6H,3-4,7-8H2/t22-;/m1./s1. The number of rotatable bonds is 7. The van der Waals surface area contributed by atoms with Crippen molar-refractivity contribution in [1.82, 2.24) is 15.5 Å². The molecule has 2 aliphatic carbocycles. The SMILES string of the molecule is CC(C)(C)NC(=O)C1(C2CCCCC2)CCN(C(=O)[C@@H](Cc2ccc(F)cc2)NC=O)CC1.c1ccc2c(c1)CCCC2. The zero-order chi connectivity index (χ0) is 30.9. The molecule has 43 heavy (non-hydrogen) atoms. The molecule has 3 amide bonds. The van der Waals surface area contributed by atoms with E-state index in [1.165, 1.54) is 44.2 Å². The van der Waals surface area contributed by atoms with E-state index in [2.05, 4.69) is 34.9 Å². The normalized spacial score (nSPS) is 19.2. The molecule has 1 atom stereocenters. The molecule has 6 nitrogen and oxygen atoms in total. The van der Waals surface area contributed by atoms with E-state index in [0.29, 0.717) is 44.7 Å². The van der Waals surface area contributed by atoms with E-state index in [4.69, 9.17) is 0 Å². The fourth-order valence-corrected chi connectivity index (χ4v) is 7.12. The van der Waals surface area contributed by atoms with Gasteiger partial charge in [0.15, 0.2) is 0 Å². The molecular formula is C36H50FN3O3. The highest BCUT2D eigenvalue weighted by atomic mass is 19.1. The molecule has 1 saturated heterocycles. The number of hydrogen-bond donors (Lipinski definition) is 2. The highest BCUT2D eigenvalue weighted by Crippen LogP contribution is 2.46. The number of aryl methyl sites for hydroxylation is 2. The lowest BCUT2D eigenvalue weighted by Gasteiger charge is -2.48. The Balaban J connectivity index is 0.000000353. The average molecular weight is 592 g/mol. The van der Waals surface area contributed by atoms with Crippen molar-refractivity contribution in [3.8, 4) is 0 Å². The number of likely N-dealkylation sites (tertiary alicyclic amines) is 1. The van der Waals surface area contributed by atoms with Crippen molar-refractivity contribution in [2.75, 3.05) is 13.1 Å². The van der Waals surface area contributed by atoms with Gasteiger partial charge >= 0.3 is 0 Å². The Morgan fingerprint density at radius 2 is 1.51 bits per heavy atom. The molecule has 2 aromatic carbocycles. The predicted octanol–water partition coefficient (Wildman–Crippen LogP) is 6.15. The van der Waals surface area contributed by atoms with Crippen LogP contribution in [-0.4, -0.2) is 47.8 Å². The van der Waals surface area contributed by atoms with Gasteiger partial charge in [0.25, 0.3) is 0 Å². The van der Waals surface area contributed by atoms with Gasteiger partial charge in [0.1, 0.15) is 11.9 Å². The summed E-state index contributed by atoms with van der Waals surface area (Å²) in [6.45, 7) is 7.00. The van der Waals surface area contributed by atoms with Crippen LogP contribution < -0.4 is 10.6 Å². The van der Waals surface area contributed by atoms with Crippen molar-refractivity contribution in [1.29, 1.82) is 0 Å². The van der Waals surface area contributed by atoms with Crippen molar-refractivity contribution in [3.05, 3.63) is 71.0 Å². The van der Waals surface area contributed by atoms with Gasteiger partial charge in [-0.1, -0.05) is 55.7 Å². The van der Waals surface area contributed by atoms with Gasteiger partial charge in [-0.3, -0.25) is 14.4 Å². The van der Waals surface area contributed by atoms with Crippen molar-refractivity contribution >= 4 is 18.2 Å². The first-order valence-corrected chi connectivity index (χ1v) is 16.2.